The molecule has 1 saturated heterocycles. The maximum Gasteiger partial charge on any atom is 0.257 e. The van der Waals surface area contributed by atoms with Gasteiger partial charge in [0.05, 0.1) is 25.8 Å². The van der Waals surface area contributed by atoms with E-state index in [2.05, 4.69) is 0 Å². The van der Waals surface area contributed by atoms with Gasteiger partial charge in [0.25, 0.3) is 5.91 Å². The van der Waals surface area contributed by atoms with Crippen molar-refractivity contribution < 1.29 is 19.7 Å². The second-order valence-electron chi connectivity index (χ2n) is 5.42. The number of hydrogen-bond donors (Lipinski definition) is 2. The number of carbonyl (C=O) groups is 1. The summed E-state index contributed by atoms with van der Waals surface area (Å²) >= 11 is 0. The molecule has 0 spiro atoms. The van der Waals surface area contributed by atoms with Gasteiger partial charge in [0.1, 0.15) is 17.1 Å². The number of nitrogens with zero attached hydrogens (tertiary/aromatic N) is 1. The van der Waals surface area contributed by atoms with Gasteiger partial charge in [-0.15, -0.1) is 0 Å². The molecule has 1 heterocycles. The topological polar surface area (TPSA) is 70.0 Å². The molecule has 1 aliphatic carbocycles. The quantitative estimate of drug-likeness (QED) is 0.853. The van der Waals surface area contributed by atoms with E-state index in [-0.39, 0.29) is 17.2 Å². The van der Waals surface area contributed by atoms with Gasteiger partial charge in [0.15, 0.2) is 0 Å². The predicted octanol–water partition coefficient (Wildman–Crippen LogP) is 0.998. The number of β-amino-alcohol motifs (C(OH)–C–C–N with tert-alkyl or cyclic N) is 1. The summed E-state index contributed by atoms with van der Waals surface area (Å²) < 4.78 is 4.98. The van der Waals surface area contributed by atoms with Crippen LogP contribution in [0.3, 0.4) is 0 Å². The second-order valence-corrected chi connectivity index (χ2v) is 5.42. The molecule has 3 rings (SSSR count). The van der Waals surface area contributed by atoms with Crippen molar-refractivity contribution in [3.05, 3.63) is 23.8 Å². The van der Waals surface area contributed by atoms with E-state index in [0.717, 1.165) is 12.8 Å². The number of aliphatic hydroxyl groups is 1. The molecule has 5 nitrogen and oxygen atoms in total. The number of hydrogen-bond acceptors (Lipinski definition) is 4. The van der Waals surface area contributed by atoms with Crippen LogP contribution in [0.25, 0.3) is 0 Å². The third kappa shape index (κ3) is 2.04. The number of methoxy groups -OCH3 is 1. The standard InChI is InChI=1S/C14H17NO4/c1-19-10-4-5-11(12(16)6-10)13(17)15-7-14(18,8-15)9-2-3-9/h4-6,9,16,18H,2-3,7-8H2,1H3. The number of rotatable bonds is 3. The van der Waals surface area contributed by atoms with Gasteiger partial charge in [-0.1, -0.05) is 0 Å². The Kier molecular flexibility index (Phi) is 2.67. The van der Waals surface area contributed by atoms with Crippen molar-refractivity contribution in [1.29, 1.82) is 0 Å². The first kappa shape index (κ1) is 12.3. The Morgan fingerprint density at radius 1 is 1.42 bits per heavy atom. The molecule has 2 aliphatic rings. The minimum absolute atomic E-state index is 0.0915. The Morgan fingerprint density at radius 3 is 2.63 bits per heavy atom. The van der Waals surface area contributed by atoms with E-state index in [4.69, 9.17) is 4.74 Å². The van der Waals surface area contributed by atoms with Crippen molar-refractivity contribution >= 4 is 5.91 Å². The van der Waals surface area contributed by atoms with E-state index in [1.165, 1.54) is 13.2 Å². The maximum atomic E-state index is 12.2. The molecule has 0 aromatic heterocycles. The molecule has 1 amide bonds. The molecule has 5 heteroatoms. The molecule has 0 bridgehead atoms. The molecule has 0 unspecified atom stereocenters. The second kappa shape index (κ2) is 4.13. The maximum absolute atomic E-state index is 12.2. The molecular weight excluding hydrogens is 246 g/mol. The fourth-order valence-electron chi connectivity index (χ4n) is 2.63. The van der Waals surface area contributed by atoms with Crippen molar-refractivity contribution in [3.8, 4) is 11.5 Å². The fourth-order valence-corrected chi connectivity index (χ4v) is 2.63. The van der Waals surface area contributed by atoms with Crippen molar-refractivity contribution in [2.24, 2.45) is 5.92 Å². The van der Waals surface area contributed by atoms with E-state index in [0.29, 0.717) is 24.8 Å². The number of carbonyl (C=O) groups excluding carboxylic acids is 1. The fraction of sp³-hybridized carbons (Fsp3) is 0.500. The Labute approximate surface area is 111 Å². The summed E-state index contributed by atoms with van der Waals surface area (Å²) in [5, 5.41) is 20.0. The monoisotopic (exact) mass is 263 g/mol. The average Bonchev–Trinajstić information content (AvgIpc) is 3.18. The van der Waals surface area contributed by atoms with Gasteiger partial charge in [0, 0.05) is 6.07 Å². The van der Waals surface area contributed by atoms with Crippen LogP contribution in [-0.2, 0) is 0 Å². The van der Waals surface area contributed by atoms with Crippen molar-refractivity contribution in [2.75, 3.05) is 20.2 Å². The smallest absolute Gasteiger partial charge is 0.257 e. The van der Waals surface area contributed by atoms with Crippen molar-refractivity contribution in [2.45, 2.75) is 18.4 Å². The van der Waals surface area contributed by atoms with Crippen LogP contribution in [0.4, 0.5) is 0 Å². The highest BCUT2D eigenvalue weighted by Crippen LogP contribution is 2.45. The van der Waals surface area contributed by atoms with Crippen molar-refractivity contribution in [1.82, 2.24) is 4.90 Å². The molecule has 2 N–H and O–H groups in total. The summed E-state index contributed by atoms with van der Waals surface area (Å²) in [5.41, 5.74) is -0.448. The molecule has 19 heavy (non-hydrogen) atoms. The van der Waals surface area contributed by atoms with E-state index in [1.54, 1.807) is 17.0 Å². The highest BCUT2D eigenvalue weighted by atomic mass is 16.5. The van der Waals surface area contributed by atoms with Crippen LogP contribution in [-0.4, -0.2) is 46.8 Å². The number of amides is 1. The Hall–Kier alpha value is -1.75. The van der Waals surface area contributed by atoms with Gasteiger partial charge in [0.2, 0.25) is 0 Å². The number of likely N-dealkylation sites (tertiary alicyclic amines) is 1. The van der Waals surface area contributed by atoms with Crippen molar-refractivity contribution in [3.63, 3.8) is 0 Å². The zero-order valence-electron chi connectivity index (χ0n) is 10.8. The molecule has 2 fully saturated rings. The average molecular weight is 263 g/mol. The zero-order chi connectivity index (χ0) is 13.6. The Bertz CT molecular complexity index is 518. The molecule has 1 aromatic carbocycles. The first-order chi connectivity index (χ1) is 9.03. The molecule has 102 valence electrons. The Balaban J connectivity index is 1.71. The number of ether oxygens (including phenoxy) is 1. The number of phenolic OH excluding ortho intramolecular Hbond substituents is 1. The van der Waals surface area contributed by atoms with Gasteiger partial charge in [-0.05, 0) is 30.9 Å². The third-order valence-corrected chi connectivity index (χ3v) is 3.99. The largest absolute Gasteiger partial charge is 0.507 e. The van der Waals surface area contributed by atoms with E-state index in [1.807, 2.05) is 0 Å². The van der Waals surface area contributed by atoms with Crippen LogP contribution in [0, 0.1) is 5.92 Å². The summed E-state index contributed by atoms with van der Waals surface area (Å²) in [6.45, 7) is 0.726. The summed E-state index contributed by atoms with van der Waals surface area (Å²) in [7, 11) is 1.50. The lowest BCUT2D eigenvalue weighted by Gasteiger charge is -2.47. The first-order valence-corrected chi connectivity index (χ1v) is 6.42. The minimum atomic E-state index is -0.697. The van der Waals surface area contributed by atoms with Gasteiger partial charge in [-0.25, -0.2) is 0 Å². The number of phenols is 1. The van der Waals surface area contributed by atoms with Crippen LogP contribution >= 0.6 is 0 Å². The van der Waals surface area contributed by atoms with E-state index in [9.17, 15) is 15.0 Å². The van der Waals surface area contributed by atoms with Crippen LogP contribution in [0.2, 0.25) is 0 Å². The molecule has 1 saturated carbocycles. The van der Waals surface area contributed by atoms with Crippen LogP contribution < -0.4 is 4.74 Å². The van der Waals surface area contributed by atoms with Crippen LogP contribution in [0.1, 0.15) is 23.2 Å². The molecule has 0 atom stereocenters. The van der Waals surface area contributed by atoms with Gasteiger partial charge in [-0.2, -0.15) is 0 Å². The zero-order valence-corrected chi connectivity index (χ0v) is 10.8. The predicted molar refractivity (Wildman–Crippen MR) is 68.2 cm³/mol. The third-order valence-electron chi connectivity index (χ3n) is 3.99. The molecule has 1 aliphatic heterocycles. The lowest BCUT2D eigenvalue weighted by atomic mass is 9.88. The van der Waals surface area contributed by atoms with Crippen LogP contribution in [0.5, 0.6) is 11.5 Å². The molecule has 0 radical (unpaired) electrons. The SMILES string of the molecule is COc1ccc(C(=O)N2CC(O)(C3CC3)C2)c(O)c1. The summed E-state index contributed by atoms with van der Waals surface area (Å²) in [6.07, 6.45) is 2.10. The van der Waals surface area contributed by atoms with Gasteiger partial charge >= 0.3 is 0 Å². The Morgan fingerprint density at radius 2 is 2.11 bits per heavy atom. The highest BCUT2D eigenvalue weighted by molar-refractivity contribution is 5.97. The van der Waals surface area contributed by atoms with Crippen LogP contribution in [0.15, 0.2) is 18.2 Å². The number of aromatic hydroxyl groups is 1. The van der Waals surface area contributed by atoms with Gasteiger partial charge < -0.3 is 19.8 Å². The molecular formula is C14H17NO4. The highest BCUT2D eigenvalue weighted by Gasteiger charge is 2.53. The first-order valence-electron chi connectivity index (χ1n) is 6.42. The lowest BCUT2D eigenvalue weighted by Crippen LogP contribution is -2.64. The minimum Gasteiger partial charge on any atom is -0.507 e. The summed E-state index contributed by atoms with van der Waals surface area (Å²) in [6, 6.07) is 4.60. The summed E-state index contributed by atoms with van der Waals surface area (Å²) in [5.74, 6) is 0.518. The van der Waals surface area contributed by atoms with E-state index < -0.39 is 5.60 Å². The number of benzene rings is 1. The summed E-state index contributed by atoms with van der Waals surface area (Å²) in [4.78, 5) is 13.8. The van der Waals surface area contributed by atoms with Gasteiger partial charge in [-0.3, -0.25) is 4.79 Å². The van der Waals surface area contributed by atoms with E-state index >= 15 is 0 Å². The normalized spacial score (nSPS) is 20.8. The lowest BCUT2D eigenvalue weighted by molar-refractivity contribution is -0.0958. The molecule has 1 aromatic rings.